The van der Waals surface area contributed by atoms with Gasteiger partial charge in [0.2, 0.25) is 0 Å². The zero-order chi connectivity index (χ0) is 11.7. The molecule has 0 amide bonds. The van der Waals surface area contributed by atoms with Crippen molar-refractivity contribution in [3.8, 4) is 0 Å². The first-order valence-electron chi connectivity index (χ1n) is 5.98. The minimum atomic E-state index is -0.271. The summed E-state index contributed by atoms with van der Waals surface area (Å²) in [6.07, 6.45) is 7.06. The van der Waals surface area contributed by atoms with Crippen molar-refractivity contribution < 1.29 is 9.53 Å². The summed E-state index contributed by atoms with van der Waals surface area (Å²) in [6.45, 7) is 9.79. The lowest BCUT2D eigenvalue weighted by Gasteiger charge is -2.30. The van der Waals surface area contributed by atoms with E-state index in [1.807, 2.05) is 0 Å². The number of carbonyl (C=O) groups excluding carboxylic acids is 1. The van der Waals surface area contributed by atoms with E-state index in [9.17, 15) is 4.79 Å². The molecule has 2 nitrogen and oxygen atoms in total. The van der Waals surface area contributed by atoms with E-state index < -0.39 is 0 Å². The van der Waals surface area contributed by atoms with Crippen LogP contribution in [-0.2, 0) is 9.53 Å². The molecule has 0 aromatic heterocycles. The Balaban J connectivity index is 4.73. The molecule has 0 bridgehead atoms. The van der Waals surface area contributed by atoms with Crippen molar-refractivity contribution in [2.45, 2.75) is 59.3 Å². The van der Waals surface area contributed by atoms with Crippen LogP contribution < -0.4 is 0 Å². The van der Waals surface area contributed by atoms with Gasteiger partial charge in [-0.2, -0.15) is 0 Å². The van der Waals surface area contributed by atoms with Crippen LogP contribution in [0.2, 0.25) is 0 Å². The quantitative estimate of drug-likeness (QED) is 0.448. The van der Waals surface area contributed by atoms with Crippen LogP contribution in [-0.4, -0.2) is 5.97 Å². The Morgan fingerprint density at radius 1 is 1.13 bits per heavy atom. The van der Waals surface area contributed by atoms with E-state index in [1.54, 1.807) is 0 Å². The molecule has 0 rings (SSSR count). The molecule has 0 unspecified atom stereocenters. The first kappa shape index (κ1) is 14.2. The molecule has 0 heterocycles. The highest BCUT2D eigenvalue weighted by Crippen LogP contribution is 2.36. The zero-order valence-electron chi connectivity index (χ0n) is 10.3. The summed E-state index contributed by atoms with van der Waals surface area (Å²) in [5.41, 5.74) is -0.271. The minimum Gasteiger partial charge on any atom is -0.435 e. The molecule has 0 aliphatic heterocycles. The Kier molecular flexibility index (Phi) is 7.10. The molecule has 2 heteroatoms. The van der Waals surface area contributed by atoms with Crippen molar-refractivity contribution in [2.24, 2.45) is 5.41 Å². The van der Waals surface area contributed by atoms with E-state index in [0.29, 0.717) is 0 Å². The first-order valence-corrected chi connectivity index (χ1v) is 5.98. The monoisotopic (exact) mass is 212 g/mol. The van der Waals surface area contributed by atoms with E-state index >= 15 is 0 Å². The number of rotatable bonds is 8. The molecule has 0 saturated heterocycles. The van der Waals surface area contributed by atoms with Gasteiger partial charge >= 0.3 is 5.97 Å². The molecule has 0 N–H and O–H groups in total. The lowest BCUT2D eigenvalue weighted by molar-refractivity contribution is -0.151. The average Bonchev–Trinajstić information content (AvgIpc) is 2.19. The van der Waals surface area contributed by atoms with Crippen LogP contribution in [0.1, 0.15) is 59.3 Å². The normalized spacial score (nSPS) is 11.1. The summed E-state index contributed by atoms with van der Waals surface area (Å²) < 4.78 is 4.99. The van der Waals surface area contributed by atoms with Gasteiger partial charge in [-0.3, -0.25) is 4.79 Å². The van der Waals surface area contributed by atoms with E-state index in [4.69, 9.17) is 4.74 Å². The van der Waals surface area contributed by atoms with E-state index in [2.05, 4.69) is 27.4 Å². The fraction of sp³-hybridized carbons (Fsp3) is 0.769. The Morgan fingerprint density at radius 3 is 1.80 bits per heavy atom. The largest absolute Gasteiger partial charge is 0.435 e. The van der Waals surface area contributed by atoms with Crippen molar-refractivity contribution in [1.29, 1.82) is 0 Å². The van der Waals surface area contributed by atoms with Crippen LogP contribution in [0.5, 0.6) is 0 Å². The number of carbonyl (C=O) groups is 1. The maximum absolute atomic E-state index is 11.9. The van der Waals surface area contributed by atoms with Crippen molar-refractivity contribution in [2.75, 3.05) is 0 Å². The van der Waals surface area contributed by atoms with Gasteiger partial charge in [-0.1, -0.05) is 46.6 Å². The highest BCUT2D eigenvalue weighted by Gasteiger charge is 2.36. The lowest BCUT2D eigenvalue weighted by Crippen LogP contribution is -2.32. The molecule has 88 valence electrons. The third-order valence-electron chi connectivity index (χ3n) is 2.81. The molecule has 0 aliphatic rings. The second-order valence-corrected chi connectivity index (χ2v) is 4.10. The Labute approximate surface area is 93.7 Å². The summed E-state index contributed by atoms with van der Waals surface area (Å²) in [6, 6.07) is 0. The van der Waals surface area contributed by atoms with Gasteiger partial charge in [0, 0.05) is 0 Å². The minimum absolute atomic E-state index is 0.0944. The molecular formula is C13H24O2. The van der Waals surface area contributed by atoms with Crippen molar-refractivity contribution in [3.05, 3.63) is 12.8 Å². The second-order valence-electron chi connectivity index (χ2n) is 4.10. The summed E-state index contributed by atoms with van der Waals surface area (Å²) in [4.78, 5) is 11.9. The fourth-order valence-electron chi connectivity index (χ4n) is 2.32. The van der Waals surface area contributed by atoms with Gasteiger partial charge in [-0.25, -0.2) is 0 Å². The fourth-order valence-corrected chi connectivity index (χ4v) is 2.32. The molecule has 0 fully saturated rings. The topological polar surface area (TPSA) is 26.3 Å². The van der Waals surface area contributed by atoms with E-state index in [0.717, 1.165) is 38.5 Å². The highest BCUT2D eigenvalue weighted by molar-refractivity contribution is 5.77. The number of esters is 1. The zero-order valence-corrected chi connectivity index (χ0v) is 10.3. The summed E-state index contributed by atoms with van der Waals surface area (Å²) in [5.74, 6) is -0.0944. The van der Waals surface area contributed by atoms with Crippen molar-refractivity contribution >= 4 is 5.97 Å². The smallest absolute Gasteiger partial charge is 0.316 e. The molecule has 15 heavy (non-hydrogen) atoms. The van der Waals surface area contributed by atoms with Crippen LogP contribution in [0.3, 0.4) is 0 Å². The number of hydrogen-bond acceptors (Lipinski definition) is 2. The Hall–Kier alpha value is -0.790. The molecule has 0 atom stereocenters. The van der Waals surface area contributed by atoms with Gasteiger partial charge in [0.25, 0.3) is 0 Å². The van der Waals surface area contributed by atoms with Crippen LogP contribution in [0, 0.1) is 5.41 Å². The van der Waals surface area contributed by atoms with Crippen molar-refractivity contribution in [1.82, 2.24) is 0 Å². The Morgan fingerprint density at radius 2 is 1.53 bits per heavy atom. The maximum atomic E-state index is 11.9. The number of ether oxygens (including phenoxy) is 1. The second kappa shape index (κ2) is 7.49. The standard InChI is InChI=1S/C13H24O2/c1-5-9-13(10-6-2,11-7-3)12(14)15-8-4/h8H,4-7,9-11H2,1-3H3. The molecule has 0 aromatic carbocycles. The number of hydrogen-bond donors (Lipinski definition) is 0. The van der Waals surface area contributed by atoms with Crippen LogP contribution in [0.4, 0.5) is 0 Å². The first-order chi connectivity index (χ1) is 7.16. The van der Waals surface area contributed by atoms with E-state index in [-0.39, 0.29) is 11.4 Å². The molecule has 0 aliphatic carbocycles. The van der Waals surface area contributed by atoms with Gasteiger partial charge in [0.1, 0.15) is 0 Å². The molecule has 0 radical (unpaired) electrons. The van der Waals surface area contributed by atoms with Gasteiger partial charge in [0.05, 0.1) is 11.7 Å². The predicted molar refractivity (Wildman–Crippen MR) is 63.4 cm³/mol. The molecular weight excluding hydrogens is 188 g/mol. The summed E-state index contributed by atoms with van der Waals surface area (Å²) in [7, 11) is 0. The molecule has 0 saturated carbocycles. The van der Waals surface area contributed by atoms with Crippen LogP contribution in [0.15, 0.2) is 12.8 Å². The Bertz CT molecular complexity index is 180. The molecule has 0 spiro atoms. The van der Waals surface area contributed by atoms with Gasteiger partial charge in [-0.05, 0) is 19.3 Å². The highest BCUT2D eigenvalue weighted by atomic mass is 16.5. The van der Waals surface area contributed by atoms with Gasteiger partial charge in [-0.15, -0.1) is 0 Å². The van der Waals surface area contributed by atoms with Gasteiger partial charge < -0.3 is 4.74 Å². The summed E-state index contributed by atoms with van der Waals surface area (Å²) >= 11 is 0. The predicted octanol–water partition coefficient (Wildman–Crippen LogP) is 4.06. The average molecular weight is 212 g/mol. The van der Waals surface area contributed by atoms with E-state index in [1.165, 1.54) is 6.26 Å². The van der Waals surface area contributed by atoms with Crippen LogP contribution >= 0.6 is 0 Å². The SMILES string of the molecule is C=COC(=O)C(CCC)(CCC)CCC. The molecule has 0 aromatic rings. The third-order valence-corrected chi connectivity index (χ3v) is 2.81. The summed E-state index contributed by atoms with van der Waals surface area (Å²) in [5, 5.41) is 0. The van der Waals surface area contributed by atoms with Gasteiger partial charge in [0.15, 0.2) is 0 Å². The van der Waals surface area contributed by atoms with Crippen molar-refractivity contribution in [3.63, 3.8) is 0 Å². The van der Waals surface area contributed by atoms with Crippen LogP contribution in [0.25, 0.3) is 0 Å². The third kappa shape index (κ3) is 4.06. The lowest BCUT2D eigenvalue weighted by atomic mass is 9.76. The maximum Gasteiger partial charge on any atom is 0.316 e.